The number of rotatable bonds is 3. The van der Waals surface area contributed by atoms with E-state index in [1.54, 1.807) is 24.3 Å². The number of ketones is 1. The minimum absolute atomic E-state index is 0.0323. The molecular weight excluding hydrogens is 402 g/mol. The van der Waals surface area contributed by atoms with E-state index in [4.69, 9.17) is 0 Å². The topological polar surface area (TPSA) is 77.8 Å². The second-order valence-electron chi connectivity index (χ2n) is 8.28. The van der Waals surface area contributed by atoms with E-state index in [9.17, 15) is 19.8 Å². The monoisotopic (exact) mass is 427 g/mol. The van der Waals surface area contributed by atoms with Crippen LogP contribution in [0.15, 0.2) is 66.2 Å². The molecule has 1 atom stereocenters. The van der Waals surface area contributed by atoms with Crippen LogP contribution in [0.1, 0.15) is 39.4 Å². The molecule has 5 heteroatoms. The summed E-state index contributed by atoms with van der Waals surface area (Å²) in [4.78, 5) is 28.0. The van der Waals surface area contributed by atoms with E-state index in [1.165, 1.54) is 17.0 Å². The molecule has 0 saturated carbocycles. The number of aryl methyl sites for hydroxylation is 3. The van der Waals surface area contributed by atoms with Crippen molar-refractivity contribution in [2.24, 2.45) is 0 Å². The van der Waals surface area contributed by atoms with Gasteiger partial charge in [-0.1, -0.05) is 36.4 Å². The molecular formula is C27H25NO4. The molecule has 0 spiro atoms. The largest absolute Gasteiger partial charge is 0.508 e. The van der Waals surface area contributed by atoms with E-state index in [0.717, 1.165) is 22.3 Å². The van der Waals surface area contributed by atoms with E-state index >= 15 is 0 Å². The summed E-state index contributed by atoms with van der Waals surface area (Å²) in [6.07, 6.45) is 0. The molecule has 0 aromatic heterocycles. The van der Waals surface area contributed by atoms with Crippen molar-refractivity contribution in [2.75, 3.05) is 4.90 Å². The standard InChI is InChI=1S/C27H25NO4/c1-15-8-9-20(14-17(15)3)25(30)23-24(19-10-12-21(29)13-11-19)28(27(32)26(23)31)22-7-5-6-16(2)18(22)4/h5-14,24,29-30H,1-4H3/b25-23+. The van der Waals surface area contributed by atoms with Crippen molar-refractivity contribution < 1.29 is 19.8 Å². The van der Waals surface area contributed by atoms with Gasteiger partial charge in [0.05, 0.1) is 11.6 Å². The van der Waals surface area contributed by atoms with E-state index in [1.807, 2.05) is 52.0 Å². The van der Waals surface area contributed by atoms with Crippen LogP contribution in [0.2, 0.25) is 0 Å². The fraction of sp³-hybridized carbons (Fsp3) is 0.185. The molecule has 0 bridgehead atoms. The van der Waals surface area contributed by atoms with Gasteiger partial charge in [-0.25, -0.2) is 0 Å². The highest BCUT2D eigenvalue weighted by Gasteiger charge is 2.47. The first-order valence-electron chi connectivity index (χ1n) is 10.4. The third-order valence-electron chi connectivity index (χ3n) is 6.27. The number of aliphatic hydroxyl groups excluding tert-OH is 1. The smallest absolute Gasteiger partial charge is 0.300 e. The number of nitrogens with zero attached hydrogens (tertiary/aromatic N) is 1. The van der Waals surface area contributed by atoms with E-state index < -0.39 is 17.7 Å². The van der Waals surface area contributed by atoms with Crippen LogP contribution in [-0.4, -0.2) is 21.9 Å². The molecule has 4 rings (SSSR count). The molecule has 2 N–H and O–H groups in total. The average molecular weight is 428 g/mol. The van der Waals surface area contributed by atoms with Crippen LogP contribution in [0.25, 0.3) is 5.76 Å². The zero-order valence-electron chi connectivity index (χ0n) is 18.5. The van der Waals surface area contributed by atoms with E-state index in [2.05, 4.69) is 0 Å². The molecule has 1 aliphatic heterocycles. The number of amides is 1. The van der Waals surface area contributed by atoms with Crippen molar-refractivity contribution in [1.82, 2.24) is 0 Å². The lowest BCUT2D eigenvalue weighted by Gasteiger charge is -2.27. The van der Waals surface area contributed by atoms with Crippen molar-refractivity contribution in [3.63, 3.8) is 0 Å². The highest BCUT2D eigenvalue weighted by molar-refractivity contribution is 6.51. The van der Waals surface area contributed by atoms with Gasteiger partial charge in [-0.05, 0) is 79.8 Å². The summed E-state index contributed by atoms with van der Waals surface area (Å²) in [5.41, 5.74) is 5.65. The van der Waals surface area contributed by atoms with Gasteiger partial charge in [0, 0.05) is 11.3 Å². The van der Waals surface area contributed by atoms with Crippen molar-refractivity contribution in [3.05, 3.63) is 99.6 Å². The number of phenols is 1. The normalized spacial score (nSPS) is 17.8. The van der Waals surface area contributed by atoms with Crippen LogP contribution in [0.3, 0.4) is 0 Å². The third kappa shape index (κ3) is 3.46. The zero-order chi connectivity index (χ0) is 23.2. The van der Waals surface area contributed by atoms with Crippen molar-refractivity contribution in [1.29, 1.82) is 0 Å². The Kier molecular flexibility index (Phi) is 5.35. The summed E-state index contributed by atoms with van der Waals surface area (Å²) in [5.74, 6) is -1.56. The number of benzene rings is 3. The molecule has 3 aromatic carbocycles. The maximum absolute atomic E-state index is 13.3. The molecule has 32 heavy (non-hydrogen) atoms. The second-order valence-corrected chi connectivity index (χ2v) is 8.28. The summed E-state index contributed by atoms with van der Waals surface area (Å²) in [5, 5.41) is 21.0. The van der Waals surface area contributed by atoms with Gasteiger partial charge in [-0.2, -0.15) is 0 Å². The Hall–Kier alpha value is -3.86. The van der Waals surface area contributed by atoms with Gasteiger partial charge in [0.1, 0.15) is 11.5 Å². The number of Topliss-reactive ketones (excluding diaryl/α,β-unsaturated/α-hetero) is 1. The molecule has 3 aromatic rings. The Labute approximate surface area is 187 Å². The number of carbonyl (C=O) groups is 2. The van der Waals surface area contributed by atoms with Crippen LogP contribution in [0, 0.1) is 27.7 Å². The van der Waals surface area contributed by atoms with Gasteiger partial charge in [-0.3, -0.25) is 14.5 Å². The molecule has 162 valence electrons. The van der Waals surface area contributed by atoms with Crippen LogP contribution in [-0.2, 0) is 9.59 Å². The first-order chi connectivity index (χ1) is 15.2. The van der Waals surface area contributed by atoms with Gasteiger partial charge < -0.3 is 10.2 Å². The van der Waals surface area contributed by atoms with Crippen molar-refractivity contribution >= 4 is 23.1 Å². The lowest BCUT2D eigenvalue weighted by Crippen LogP contribution is -2.30. The summed E-state index contributed by atoms with van der Waals surface area (Å²) < 4.78 is 0. The van der Waals surface area contributed by atoms with Crippen molar-refractivity contribution in [2.45, 2.75) is 33.7 Å². The molecule has 1 unspecified atom stereocenters. The lowest BCUT2D eigenvalue weighted by atomic mass is 9.94. The Balaban J connectivity index is 1.99. The van der Waals surface area contributed by atoms with Crippen molar-refractivity contribution in [3.8, 4) is 5.75 Å². The van der Waals surface area contributed by atoms with Gasteiger partial charge in [-0.15, -0.1) is 0 Å². The number of aromatic hydroxyl groups is 1. The van der Waals surface area contributed by atoms with Crippen LogP contribution < -0.4 is 4.90 Å². The van der Waals surface area contributed by atoms with Crippen LogP contribution >= 0.6 is 0 Å². The Morgan fingerprint density at radius 2 is 1.53 bits per heavy atom. The minimum atomic E-state index is -0.822. The maximum atomic E-state index is 13.3. The fourth-order valence-electron chi connectivity index (χ4n) is 4.09. The Morgan fingerprint density at radius 1 is 0.844 bits per heavy atom. The maximum Gasteiger partial charge on any atom is 0.300 e. The first-order valence-corrected chi connectivity index (χ1v) is 10.4. The number of hydrogen-bond acceptors (Lipinski definition) is 4. The predicted molar refractivity (Wildman–Crippen MR) is 125 cm³/mol. The van der Waals surface area contributed by atoms with Gasteiger partial charge in [0.15, 0.2) is 0 Å². The Morgan fingerprint density at radius 3 is 2.19 bits per heavy atom. The SMILES string of the molecule is Cc1ccc(/C(O)=C2\C(=O)C(=O)N(c3cccc(C)c3C)C2c2ccc(O)cc2)cc1C. The van der Waals surface area contributed by atoms with Gasteiger partial charge in [0.25, 0.3) is 11.7 Å². The number of hydrogen-bond donors (Lipinski definition) is 2. The lowest BCUT2D eigenvalue weighted by molar-refractivity contribution is -0.132. The molecule has 1 amide bonds. The second kappa shape index (κ2) is 8.00. The third-order valence-corrected chi connectivity index (χ3v) is 6.27. The number of carbonyl (C=O) groups excluding carboxylic acids is 2. The summed E-state index contributed by atoms with van der Waals surface area (Å²) in [6, 6.07) is 16.5. The zero-order valence-corrected chi connectivity index (χ0v) is 18.5. The summed E-state index contributed by atoms with van der Waals surface area (Å²) >= 11 is 0. The van der Waals surface area contributed by atoms with E-state index in [0.29, 0.717) is 16.8 Å². The average Bonchev–Trinajstić information content (AvgIpc) is 3.03. The number of aliphatic hydroxyl groups is 1. The van der Waals surface area contributed by atoms with Gasteiger partial charge >= 0.3 is 0 Å². The first kappa shape index (κ1) is 21.4. The summed E-state index contributed by atoms with van der Waals surface area (Å²) in [6.45, 7) is 7.74. The fourth-order valence-corrected chi connectivity index (χ4v) is 4.09. The highest BCUT2D eigenvalue weighted by Crippen LogP contribution is 2.43. The molecule has 1 saturated heterocycles. The predicted octanol–water partition coefficient (Wildman–Crippen LogP) is 5.25. The quantitative estimate of drug-likeness (QED) is 0.340. The minimum Gasteiger partial charge on any atom is -0.508 e. The number of phenolic OH excluding ortho intramolecular Hbond substituents is 1. The van der Waals surface area contributed by atoms with E-state index in [-0.39, 0.29) is 17.1 Å². The van der Waals surface area contributed by atoms with Gasteiger partial charge in [0.2, 0.25) is 0 Å². The number of anilines is 1. The molecule has 0 radical (unpaired) electrons. The Bertz CT molecular complexity index is 1270. The molecule has 5 nitrogen and oxygen atoms in total. The molecule has 1 fully saturated rings. The molecule has 1 heterocycles. The molecule has 0 aliphatic carbocycles. The van der Waals surface area contributed by atoms with Crippen LogP contribution in [0.4, 0.5) is 5.69 Å². The highest BCUT2D eigenvalue weighted by atomic mass is 16.3. The summed E-state index contributed by atoms with van der Waals surface area (Å²) in [7, 11) is 0. The molecule has 1 aliphatic rings. The van der Waals surface area contributed by atoms with Crippen LogP contribution in [0.5, 0.6) is 5.75 Å².